The molecule has 0 aliphatic carbocycles. The van der Waals surface area contributed by atoms with E-state index in [4.69, 9.17) is 0 Å². The molecular weight excluding hydrogens is 174 g/mol. The second-order valence-corrected chi connectivity index (χ2v) is 5.17. The molecule has 1 heterocycles. The van der Waals surface area contributed by atoms with Gasteiger partial charge >= 0.3 is 0 Å². The van der Waals surface area contributed by atoms with Gasteiger partial charge in [0.25, 0.3) is 0 Å². The average molecular weight is 197 g/mol. The van der Waals surface area contributed by atoms with E-state index >= 15 is 0 Å². The third-order valence-corrected chi connectivity index (χ3v) is 3.19. The van der Waals surface area contributed by atoms with Gasteiger partial charge in [0.1, 0.15) is 0 Å². The van der Waals surface area contributed by atoms with Crippen LogP contribution in [-0.2, 0) is 4.79 Å². The number of carbonyl (C=O) groups excluding carboxylic acids is 1. The summed E-state index contributed by atoms with van der Waals surface area (Å²) in [4.78, 5) is 14.0. The summed E-state index contributed by atoms with van der Waals surface area (Å²) in [5.41, 5.74) is 0. The van der Waals surface area contributed by atoms with Crippen molar-refractivity contribution in [1.29, 1.82) is 0 Å². The van der Waals surface area contributed by atoms with Gasteiger partial charge in [-0.05, 0) is 32.6 Å². The van der Waals surface area contributed by atoms with Crippen molar-refractivity contribution in [2.75, 3.05) is 0 Å². The number of nitrogens with zero attached hydrogens (tertiary/aromatic N) is 1. The van der Waals surface area contributed by atoms with Crippen LogP contribution in [0.2, 0.25) is 0 Å². The van der Waals surface area contributed by atoms with Crippen molar-refractivity contribution in [3.8, 4) is 0 Å². The molecule has 1 unspecified atom stereocenters. The van der Waals surface area contributed by atoms with Gasteiger partial charge in [-0.15, -0.1) is 0 Å². The fraction of sp³-hybridized carbons (Fsp3) is 0.917. The highest BCUT2D eigenvalue weighted by atomic mass is 16.2. The molecule has 2 heteroatoms. The molecule has 0 N–H and O–H groups in total. The summed E-state index contributed by atoms with van der Waals surface area (Å²) in [5, 5.41) is 0. The van der Waals surface area contributed by atoms with Gasteiger partial charge in [-0.2, -0.15) is 0 Å². The molecule has 0 aromatic carbocycles. The van der Waals surface area contributed by atoms with Crippen LogP contribution in [0.3, 0.4) is 0 Å². The third-order valence-electron chi connectivity index (χ3n) is 3.19. The summed E-state index contributed by atoms with van der Waals surface area (Å²) in [5.74, 6) is 1.21. The lowest BCUT2D eigenvalue weighted by Crippen LogP contribution is -2.50. The minimum Gasteiger partial charge on any atom is -0.337 e. The second-order valence-electron chi connectivity index (χ2n) is 5.17. The van der Waals surface area contributed by atoms with E-state index in [0.717, 1.165) is 18.8 Å². The smallest absolute Gasteiger partial charge is 0.225 e. The lowest BCUT2D eigenvalue weighted by Gasteiger charge is -2.42. The van der Waals surface area contributed by atoms with Crippen LogP contribution in [0.4, 0.5) is 0 Å². The van der Waals surface area contributed by atoms with Gasteiger partial charge in [0, 0.05) is 18.0 Å². The van der Waals surface area contributed by atoms with Gasteiger partial charge in [-0.1, -0.05) is 20.8 Å². The molecule has 82 valence electrons. The zero-order valence-electron chi connectivity index (χ0n) is 10.1. The number of hydrogen-bond donors (Lipinski definition) is 0. The molecule has 3 atom stereocenters. The predicted molar refractivity (Wildman–Crippen MR) is 59.0 cm³/mol. The molecule has 1 aliphatic rings. The second kappa shape index (κ2) is 4.33. The molecule has 1 aliphatic heterocycles. The van der Waals surface area contributed by atoms with Gasteiger partial charge in [0.2, 0.25) is 5.91 Å². The van der Waals surface area contributed by atoms with Gasteiger partial charge < -0.3 is 4.90 Å². The van der Waals surface area contributed by atoms with E-state index in [0.29, 0.717) is 18.0 Å². The standard InChI is InChI=1S/C12H23NO/c1-8(2)12(14)13-10(4)6-9(3)7-11(13)5/h8-11H,6-7H2,1-5H3/t9?,10-,11+. The highest BCUT2D eigenvalue weighted by molar-refractivity contribution is 5.78. The van der Waals surface area contributed by atoms with E-state index < -0.39 is 0 Å². The van der Waals surface area contributed by atoms with E-state index in [1.807, 2.05) is 13.8 Å². The topological polar surface area (TPSA) is 20.3 Å². The Hall–Kier alpha value is -0.530. The van der Waals surface area contributed by atoms with Crippen LogP contribution in [0.15, 0.2) is 0 Å². The molecule has 1 saturated heterocycles. The van der Waals surface area contributed by atoms with Crippen molar-refractivity contribution in [1.82, 2.24) is 4.90 Å². The predicted octanol–water partition coefficient (Wildman–Crippen LogP) is 2.68. The molecule has 0 bridgehead atoms. The molecule has 1 fully saturated rings. The van der Waals surface area contributed by atoms with E-state index in [9.17, 15) is 4.79 Å². The Labute approximate surface area is 87.7 Å². The van der Waals surface area contributed by atoms with E-state index in [2.05, 4.69) is 25.7 Å². The maximum absolute atomic E-state index is 12.0. The summed E-state index contributed by atoms with van der Waals surface area (Å²) in [7, 11) is 0. The fourth-order valence-corrected chi connectivity index (χ4v) is 2.65. The van der Waals surface area contributed by atoms with E-state index in [1.54, 1.807) is 0 Å². The first-order valence-corrected chi connectivity index (χ1v) is 5.75. The summed E-state index contributed by atoms with van der Waals surface area (Å²) in [6, 6.07) is 0.840. The summed E-state index contributed by atoms with van der Waals surface area (Å²) < 4.78 is 0. The molecule has 1 amide bonds. The molecule has 0 radical (unpaired) electrons. The van der Waals surface area contributed by atoms with Crippen LogP contribution in [0, 0.1) is 11.8 Å². The number of likely N-dealkylation sites (tertiary alicyclic amines) is 1. The quantitative estimate of drug-likeness (QED) is 0.633. The van der Waals surface area contributed by atoms with Crippen LogP contribution < -0.4 is 0 Å². The first-order chi connectivity index (χ1) is 6.43. The van der Waals surface area contributed by atoms with Crippen molar-refractivity contribution in [3.63, 3.8) is 0 Å². The summed E-state index contributed by atoms with van der Waals surface area (Å²) >= 11 is 0. The zero-order chi connectivity index (χ0) is 10.9. The Kier molecular flexibility index (Phi) is 3.57. The Morgan fingerprint density at radius 3 is 1.93 bits per heavy atom. The maximum atomic E-state index is 12.0. The molecule has 2 nitrogen and oxygen atoms in total. The van der Waals surface area contributed by atoms with Crippen LogP contribution in [0.25, 0.3) is 0 Å². The Morgan fingerprint density at radius 1 is 1.14 bits per heavy atom. The molecule has 0 aromatic rings. The lowest BCUT2D eigenvalue weighted by atomic mass is 9.88. The summed E-state index contributed by atoms with van der Waals surface area (Å²) in [6.07, 6.45) is 2.31. The first-order valence-electron chi connectivity index (χ1n) is 5.75. The normalized spacial score (nSPS) is 33.6. The Bertz CT molecular complexity index is 200. The molecular formula is C12H23NO. The fourth-order valence-electron chi connectivity index (χ4n) is 2.65. The number of rotatable bonds is 1. The zero-order valence-corrected chi connectivity index (χ0v) is 10.1. The number of piperidine rings is 1. The van der Waals surface area contributed by atoms with Gasteiger partial charge in [0.15, 0.2) is 0 Å². The van der Waals surface area contributed by atoms with Gasteiger partial charge in [-0.25, -0.2) is 0 Å². The molecule has 1 rings (SSSR count). The average Bonchev–Trinajstić information content (AvgIpc) is 2.01. The van der Waals surface area contributed by atoms with Crippen molar-refractivity contribution in [2.45, 2.75) is 59.5 Å². The third kappa shape index (κ3) is 2.28. The largest absolute Gasteiger partial charge is 0.337 e. The van der Waals surface area contributed by atoms with E-state index in [-0.39, 0.29) is 5.92 Å². The van der Waals surface area contributed by atoms with E-state index in [1.165, 1.54) is 0 Å². The molecule has 14 heavy (non-hydrogen) atoms. The molecule has 0 saturated carbocycles. The lowest BCUT2D eigenvalue weighted by molar-refractivity contribution is -0.141. The monoisotopic (exact) mass is 197 g/mol. The van der Waals surface area contributed by atoms with Crippen molar-refractivity contribution in [2.24, 2.45) is 11.8 Å². The van der Waals surface area contributed by atoms with Crippen molar-refractivity contribution < 1.29 is 4.79 Å². The Balaban J connectivity index is 2.72. The van der Waals surface area contributed by atoms with Gasteiger partial charge in [-0.3, -0.25) is 4.79 Å². The molecule has 0 spiro atoms. The number of amides is 1. The first kappa shape index (κ1) is 11.5. The minimum atomic E-state index is 0.133. The molecule has 0 aromatic heterocycles. The van der Waals surface area contributed by atoms with Crippen molar-refractivity contribution >= 4 is 5.91 Å². The van der Waals surface area contributed by atoms with Crippen LogP contribution in [0.5, 0.6) is 0 Å². The summed E-state index contributed by atoms with van der Waals surface area (Å²) in [6.45, 7) is 10.6. The minimum absolute atomic E-state index is 0.133. The number of hydrogen-bond acceptors (Lipinski definition) is 1. The van der Waals surface area contributed by atoms with Gasteiger partial charge in [0.05, 0.1) is 0 Å². The van der Waals surface area contributed by atoms with Crippen molar-refractivity contribution in [3.05, 3.63) is 0 Å². The Morgan fingerprint density at radius 2 is 1.57 bits per heavy atom. The SMILES string of the molecule is CC1C[C@@H](C)N(C(=O)C(C)C)[C@@H](C)C1. The van der Waals surface area contributed by atoms with Crippen LogP contribution >= 0.6 is 0 Å². The van der Waals surface area contributed by atoms with Crippen LogP contribution in [0.1, 0.15) is 47.5 Å². The number of carbonyl (C=O) groups is 1. The highest BCUT2D eigenvalue weighted by Gasteiger charge is 2.32. The van der Waals surface area contributed by atoms with Crippen LogP contribution in [-0.4, -0.2) is 22.9 Å². The highest BCUT2D eigenvalue weighted by Crippen LogP contribution is 2.28. The maximum Gasteiger partial charge on any atom is 0.225 e.